The first kappa shape index (κ1) is 13.1. The molecule has 1 heterocycles. The summed E-state index contributed by atoms with van der Waals surface area (Å²) >= 11 is 3.39. The highest BCUT2D eigenvalue weighted by Gasteiger charge is 2.03. The highest BCUT2D eigenvalue weighted by molar-refractivity contribution is 9.09. The number of alkyl halides is 1. The molecular weight excluding hydrogens is 270 g/mol. The molecule has 0 spiro atoms. The number of carbonyl (C=O) groups is 1. The Bertz CT molecular complexity index is 305. The van der Waals surface area contributed by atoms with Crippen LogP contribution in [-0.2, 0) is 0 Å². The number of nitrogens with zero attached hydrogens (tertiary/aromatic N) is 2. The molecule has 0 saturated carbocycles. The van der Waals surface area contributed by atoms with E-state index < -0.39 is 0 Å². The first-order valence-corrected chi connectivity index (χ1v) is 6.57. The summed E-state index contributed by atoms with van der Waals surface area (Å²) in [6.07, 6.45) is 7.57. The molecule has 0 aliphatic carbocycles. The van der Waals surface area contributed by atoms with E-state index in [1.54, 1.807) is 6.07 Å². The summed E-state index contributed by atoms with van der Waals surface area (Å²) in [6.45, 7) is 0.726. The molecule has 16 heavy (non-hydrogen) atoms. The van der Waals surface area contributed by atoms with E-state index in [4.69, 9.17) is 0 Å². The van der Waals surface area contributed by atoms with Gasteiger partial charge in [-0.3, -0.25) is 4.79 Å². The Kier molecular flexibility index (Phi) is 6.72. The zero-order valence-electron chi connectivity index (χ0n) is 9.16. The van der Waals surface area contributed by atoms with E-state index in [2.05, 4.69) is 31.4 Å². The van der Waals surface area contributed by atoms with Crippen LogP contribution in [0.3, 0.4) is 0 Å². The second-order valence-corrected chi connectivity index (χ2v) is 4.28. The van der Waals surface area contributed by atoms with Gasteiger partial charge >= 0.3 is 0 Å². The van der Waals surface area contributed by atoms with Crippen LogP contribution in [-0.4, -0.2) is 28.0 Å². The summed E-state index contributed by atoms with van der Waals surface area (Å²) in [6, 6.07) is 1.66. The van der Waals surface area contributed by atoms with Crippen molar-refractivity contribution in [2.24, 2.45) is 0 Å². The lowest BCUT2D eigenvalue weighted by molar-refractivity contribution is 0.0952. The van der Waals surface area contributed by atoms with Crippen LogP contribution < -0.4 is 5.32 Å². The zero-order valence-corrected chi connectivity index (χ0v) is 10.7. The standard InChI is InChI=1S/C11H16BrN3O/c12-6-3-1-2-4-7-13-11(16)10-5-8-14-15-9-10/h5,8-9H,1-4,6-7H2,(H,13,16). The summed E-state index contributed by atoms with van der Waals surface area (Å²) in [5.74, 6) is -0.0737. The Morgan fingerprint density at radius 1 is 1.25 bits per heavy atom. The lowest BCUT2D eigenvalue weighted by atomic mass is 10.2. The number of rotatable bonds is 7. The van der Waals surface area contributed by atoms with E-state index in [0.29, 0.717) is 5.56 Å². The molecule has 1 aromatic heterocycles. The fraction of sp³-hybridized carbons (Fsp3) is 0.545. The normalized spacial score (nSPS) is 10.1. The van der Waals surface area contributed by atoms with E-state index in [1.807, 2.05) is 0 Å². The lowest BCUT2D eigenvalue weighted by Gasteiger charge is -2.04. The number of nitrogens with one attached hydrogen (secondary N) is 1. The summed E-state index contributed by atoms with van der Waals surface area (Å²) < 4.78 is 0. The van der Waals surface area contributed by atoms with Crippen LogP contribution in [0.5, 0.6) is 0 Å². The van der Waals surface area contributed by atoms with Gasteiger partial charge in [-0.2, -0.15) is 10.2 Å². The molecule has 0 unspecified atom stereocenters. The number of unbranched alkanes of at least 4 members (excludes halogenated alkanes) is 3. The van der Waals surface area contributed by atoms with Crippen LogP contribution in [0, 0.1) is 0 Å². The van der Waals surface area contributed by atoms with Crippen molar-refractivity contribution in [3.05, 3.63) is 24.0 Å². The van der Waals surface area contributed by atoms with Gasteiger partial charge in [-0.25, -0.2) is 0 Å². The Morgan fingerprint density at radius 2 is 2.06 bits per heavy atom. The highest BCUT2D eigenvalue weighted by Crippen LogP contribution is 2.01. The van der Waals surface area contributed by atoms with Crippen molar-refractivity contribution in [1.29, 1.82) is 0 Å². The predicted octanol–water partition coefficient (Wildman–Crippen LogP) is 2.16. The third-order valence-corrected chi connectivity index (χ3v) is 2.75. The van der Waals surface area contributed by atoms with E-state index in [0.717, 1.165) is 24.7 Å². The molecule has 88 valence electrons. The predicted molar refractivity (Wildman–Crippen MR) is 66.6 cm³/mol. The third-order valence-electron chi connectivity index (χ3n) is 2.19. The molecule has 1 N–H and O–H groups in total. The molecule has 5 heteroatoms. The number of hydrogen-bond donors (Lipinski definition) is 1. The second-order valence-electron chi connectivity index (χ2n) is 3.49. The molecule has 0 radical (unpaired) electrons. The second kappa shape index (κ2) is 8.21. The number of amides is 1. The monoisotopic (exact) mass is 285 g/mol. The molecule has 1 rings (SSSR count). The van der Waals surface area contributed by atoms with Crippen molar-refractivity contribution < 1.29 is 4.79 Å². The summed E-state index contributed by atoms with van der Waals surface area (Å²) in [5.41, 5.74) is 0.565. The molecule has 4 nitrogen and oxygen atoms in total. The maximum atomic E-state index is 11.5. The van der Waals surface area contributed by atoms with Gasteiger partial charge in [-0.05, 0) is 18.9 Å². The third kappa shape index (κ3) is 5.21. The number of halogens is 1. The van der Waals surface area contributed by atoms with Gasteiger partial charge in [0.2, 0.25) is 0 Å². The molecule has 0 aliphatic rings. The molecule has 0 aromatic carbocycles. The topological polar surface area (TPSA) is 54.9 Å². The van der Waals surface area contributed by atoms with Gasteiger partial charge in [0.05, 0.1) is 18.0 Å². The van der Waals surface area contributed by atoms with Gasteiger partial charge < -0.3 is 5.32 Å². The summed E-state index contributed by atoms with van der Waals surface area (Å²) in [5, 5.41) is 11.2. The van der Waals surface area contributed by atoms with E-state index in [1.165, 1.54) is 25.2 Å². The van der Waals surface area contributed by atoms with Crippen molar-refractivity contribution >= 4 is 21.8 Å². The Hall–Kier alpha value is -0.970. The first-order chi connectivity index (χ1) is 7.84. The maximum Gasteiger partial charge on any atom is 0.252 e. The minimum absolute atomic E-state index is 0.0737. The number of carbonyl (C=O) groups excluding carboxylic acids is 1. The maximum absolute atomic E-state index is 11.5. The Labute approximate surface area is 104 Å². The van der Waals surface area contributed by atoms with E-state index in [-0.39, 0.29) is 5.91 Å². The van der Waals surface area contributed by atoms with Gasteiger partial charge in [0.25, 0.3) is 5.91 Å². The minimum atomic E-state index is -0.0737. The van der Waals surface area contributed by atoms with Crippen LogP contribution in [0.15, 0.2) is 18.5 Å². The van der Waals surface area contributed by atoms with Gasteiger partial charge in [-0.1, -0.05) is 28.8 Å². The molecule has 0 bridgehead atoms. The molecule has 0 atom stereocenters. The van der Waals surface area contributed by atoms with E-state index in [9.17, 15) is 4.79 Å². The highest BCUT2D eigenvalue weighted by atomic mass is 79.9. The molecule has 0 saturated heterocycles. The van der Waals surface area contributed by atoms with Crippen LogP contribution in [0.1, 0.15) is 36.0 Å². The number of aromatic nitrogens is 2. The summed E-state index contributed by atoms with van der Waals surface area (Å²) in [4.78, 5) is 11.5. The fourth-order valence-electron chi connectivity index (χ4n) is 1.30. The molecule has 1 amide bonds. The van der Waals surface area contributed by atoms with Crippen LogP contribution in [0.4, 0.5) is 0 Å². The molecule has 1 aromatic rings. The van der Waals surface area contributed by atoms with Gasteiger partial charge in [0, 0.05) is 11.9 Å². The quantitative estimate of drug-likeness (QED) is 0.617. The smallest absolute Gasteiger partial charge is 0.252 e. The SMILES string of the molecule is O=C(NCCCCCCBr)c1ccnnc1. The largest absolute Gasteiger partial charge is 0.352 e. The van der Waals surface area contributed by atoms with Crippen LogP contribution >= 0.6 is 15.9 Å². The average molecular weight is 286 g/mol. The van der Waals surface area contributed by atoms with Crippen molar-refractivity contribution in [3.8, 4) is 0 Å². The van der Waals surface area contributed by atoms with Gasteiger partial charge in [-0.15, -0.1) is 0 Å². The van der Waals surface area contributed by atoms with Crippen LogP contribution in [0.2, 0.25) is 0 Å². The van der Waals surface area contributed by atoms with Crippen LogP contribution in [0.25, 0.3) is 0 Å². The average Bonchev–Trinajstić information content (AvgIpc) is 2.34. The van der Waals surface area contributed by atoms with Crippen molar-refractivity contribution in [2.45, 2.75) is 25.7 Å². The lowest BCUT2D eigenvalue weighted by Crippen LogP contribution is -2.24. The summed E-state index contributed by atoms with van der Waals surface area (Å²) in [7, 11) is 0. The van der Waals surface area contributed by atoms with E-state index >= 15 is 0 Å². The number of hydrogen-bond acceptors (Lipinski definition) is 3. The minimum Gasteiger partial charge on any atom is -0.352 e. The van der Waals surface area contributed by atoms with Crippen molar-refractivity contribution in [3.63, 3.8) is 0 Å². The molecule has 0 fully saturated rings. The van der Waals surface area contributed by atoms with Gasteiger partial charge in [0.1, 0.15) is 0 Å². The zero-order chi connectivity index (χ0) is 11.6. The molecule has 0 aliphatic heterocycles. The van der Waals surface area contributed by atoms with Crippen molar-refractivity contribution in [2.75, 3.05) is 11.9 Å². The Morgan fingerprint density at radius 3 is 2.75 bits per heavy atom. The Balaban J connectivity index is 2.12. The molecular formula is C11H16BrN3O. The van der Waals surface area contributed by atoms with Gasteiger partial charge in [0.15, 0.2) is 0 Å². The first-order valence-electron chi connectivity index (χ1n) is 5.45. The van der Waals surface area contributed by atoms with Crippen molar-refractivity contribution in [1.82, 2.24) is 15.5 Å². The fourth-order valence-corrected chi connectivity index (χ4v) is 1.70.